The molecule has 1 spiro atoms. The summed E-state index contributed by atoms with van der Waals surface area (Å²) in [6.07, 6.45) is 0. The second-order valence-electron chi connectivity index (χ2n) is 8.63. The van der Waals surface area contributed by atoms with Crippen molar-refractivity contribution in [1.29, 1.82) is 0 Å². The molecule has 0 radical (unpaired) electrons. The number of ether oxygens (including phenoxy) is 2. The van der Waals surface area contributed by atoms with Crippen LogP contribution in [0, 0.1) is 15.5 Å². The molecule has 9 heteroatoms. The first-order chi connectivity index (χ1) is 16.9. The number of fused-ring (bicyclic) bond motifs is 1. The van der Waals surface area contributed by atoms with Crippen molar-refractivity contribution in [1.82, 2.24) is 5.32 Å². The van der Waals surface area contributed by atoms with Crippen molar-refractivity contribution in [3.63, 3.8) is 0 Å². The second-order valence-corrected chi connectivity index (χ2v) is 9.07. The van der Waals surface area contributed by atoms with Crippen LogP contribution in [0.5, 0.6) is 5.75 Å². The third-order valence-electron chi connectivity index (χ3n) is 6.89. The Labute approximate surface area is 206 Å². The molecule has 0 unspecified atom stereocenters. The van der Waals surface area contributed by atoms with Crippen LogP contribution in [0.15, 0.2) is 72.8 Å². The number of nitro benzene ring substituents is 1. The van der Waals surface area contributed by atoms with Crippen molar-refractivity contribution in [3.8, 4) is 5.75 Å². The number of para-hydroxylation sites is 1. The number of methoxy groups -OCH3 is 1. The minimum Gasteiger partial charge on any atom is -0.492 e. The minimum atomic E-state index is -1.24. The molecule has 1 saturated heterocycles. The van der Waals surface area contributed by atoms with E-state index in [1.807, 2.05) is 12.1 Å². The van der Waals surface area contributed by atoms with Crippen molar-refractivity contribution < 1.29 is 24.0 Å². The topological polar surface area (TPSA) is 108 Å². The van der Waals surface area contributed by atoms with Crippen LogP contribution in [-0.4, -0.2) is 36.4 Å². The van der Waals surface area contributed by atoms with Crippen LogP contribution in [0.25, 0.3) is 0 Å². The van der Waals surface area contributed by atoms with Crippen LogP contribution in [0.2, 0.25) is 5.02 Å². The van der Waals surface area contributed by atoms with E-state index >= 15 is 0 Å². The van der Waals surface area contributed by atoms with Crippen molar-refractivity contribution in [2.24, 2.45) is 5.41 Å². The largest absolute Gasteiger partial charge is 0.492 e. The normalized spacial score (nSPS) is 25.1. The second kappa shape index (κ2) is 8.79. The molecule has 35 heavy (non-hydrogen) atoms. The molecular weight excluding hydrogens is 472 g/mol. The average molecular weight is 493 g/mol. The van der Waals surface area contributed by atoms with Gasteiger partial charge in [0.25, 0.3) is 5.69 Å². The molecule has 3 aromatic carbocycles. The maximum Gasteiger partial charge on any atom is 0.323 e. The van der Waals surface area contributed by atoms with Crippen LogP contribution < -0.4 is 10.1 Å². The molecule has 0 aliphatic carbocycles. The van der Waals surface area contributed by atoms with Gasteiger partial charge in [0.2, 0.25) is 0 Å². The quantitative estimate of drug-likeness (QED) is 0.325. The Morgan fingerprint density at radius 2 is 1.74 bits per heavy atom. The molecule has 0 saturated carbocycles. The zero-order valence-corrected chi connectivity index (χ0v) is 19.4. The third-order valence-corrected chi connectivity index (χ3v) is 7.14. The summed E-state index contributed by atoms with van der Waals surface area (Å²) in [5.74, 6) is -0.975. The zero-order valence-electron chi connectivity index (χ0n) is 18.6. The van der Waals surface area contributed by atoms with Gasteiger partial charge in [-0.1, -0.05) is 48.0 Å². The van der Waals surface area contributed by atoms with Crippen LogP contribution >= 0.6 is 11.6 Å². The molecule has 0 bridgehead atoms. The number of rotatable bonds is 4. The van der Waals surface area contributed by atoms with Crippen LogP contribution in [0.4, 0.5) is 5.69 Å². The number of carbonyl (C=O) groups is 2. The van der Waals surface area contributed by atoms with Crippen LogP contribution in [-0.2, 0) is 9.53 Å². The van der Waals surface area contributed by atoms with E-state index in [0.29, 0.717) is 21.9 Å². The van der Waals surface area contributed by atoms with Gasteiger partial charge in [0.15, 0.2) is 5.78 Å². The molecule has 8 nitrogen and oxygen atoms in total. The molecule has 2 aliphatic rings. The highest BCUT2D eigenvalue weighted by atomic mass is 35.5. The summed E-state index contributed by atoms with van der Waals surface area (Å²) >= 11 is 6.12. The van der Waals surface area contributed by atoms with Gasteiger partial charge in [0.05, 0.1) is 23.0 Å². The van der Waals surface area contributed by atoms with Gasteiger partial charge in [-0.25, -0.2) is 0 Å². The highest BCUT2D eigenvalue weighted by Gasteiger charge is 2.64. The molecule has 1 N–H and O–H groups in total. The lowest BCUT2D eigenvalue weighted by molar-refractivity contribution is -0.384. The van der Waals surface area contributed by atoms with E-state index in [-0.39, 0.29) is 18.1 Å². The number of halogens is 1. The van der Waals surface area contributed by atoms with E-state index < -0.39 is 34.3 Å². The summed E-state index contributed by atoms with van der Waals surface area (Å²) in [6.45, 7) is -0.00170. The summed E-state index contributed by atoms with van der Waals surface area (Å²) in [6, 6.07) is 18.4. The number of esters is 1. The van der Waals surface area contributed by atoms with Crippen molar-refractivity contribution in [2.75, 3.05) is 13.7 Å². The fourth-order valence-electron chi connectivity index (χ4n) is 5.31. The first-order valence-corrected chi connectivity index (χ1v) is 11.3. The van der Waals surface area contributed by atoms with Crippen molar-refractivity contribution in [3.05, 3.63) is 105 Å². The summed E-state index contributed by atoms with van der Waals surface area (Å²) in [4.78, 5) is 38.1. The molecule has 2 heterocycles. The Balaban J connectivity index is 1.73. The number of carbonyl (C=O) groups excluding carboxylic acids is 2. The highest BCUT2D eigenvalue weighted by Crippen LogP contribution is 2.57. The number of benzene rings is 3. The average Bonchev–Trinajstić information content (AvgIpc) is 3.22. The summed E-state index contributed by atoms with van der Waals surface area (Å²) in [5, 5.41) is 15.1. The van der Waals surface area contributed by atoms with E-state index in [1.54, 1.807) is 48.5 Å². The molecule has 2 aliphatic heterocycles. The molecule has 5 rings (SSSR count). The summed E-state index contributed by atoms with van der Waals surface area (Å²) < 4.78 is 11.2. The molecule has 3 aromatic rings. The summed E-state index contributed by atoms with van der Waals surface area (Å²) in [5.41, 5.74) is 0.429. The smallest absolute Gasteiger partial charge is 0.323 e. The molecular formula is C26H21ClN2O6. The van der Waals surface area contributed by atoms with Gasteiger partial charge < -0.3 is 9.47 Å². The summed E-state index contributed by atoms with van der Waals surface area (Å²) in [7, 11) is 1.29. The van der Waals surface area contributed by atoms with Gasteiger partial charge in [-0.3, -0.25) is 25.0 Å². The van der Waals surface area contributed by atoms with Gasteiger partial charge in [-0.2, -0.15) is 0 Å². The van der Waals surface area contributed by atoms with Gasteiger partial charge in [-0.15, -0.1) is 0 Å². The Hall–Kier alpha value is -3.75. The van der Waals surface area contributed by atoms with Gasteiger partial charge in [0.1, 0.15) is 18.4 Å². The van der Waals surface area contributed by atoms with E-state index in [1.165, 1.54) is 19.2 Å². The lowest BCUT2D eigenvalue weighted by Gasteiger charge is -2.41. The lowest BCUT2D eigenvalue weighted by Crippen LogP contribution is -2.48. The predicted octanol–water partition coefficient (Wildman–Crippen LogP) is 4.48. The maximum atomic E-state index is 14.3. The van der Waals surface area contributed by atoms with E-state index in [2.05, 4.69) is 5.32 Å². The fraction of sp³-hybridized carbons (Fsp3) is 0.231. The zero-order chi connectivity index (χ0) is 24.7. The number of Topliss-reactive ketones (excluding diaryl/α,β-unsaturated/α-hetero) is 1. The number of hydrogen-bond donors (Lipinski definition) is 1. The number of nitrogens with one attached hydrogen (secondary N) is 1. The van der Waals surface area contributed by atoms with Crippen LogP contribution in [0.1, 0.15) is 33.4 Å². The fourth-order valence-corrected chi connectivity index (χ4v) is 5.44. The number of ketones is 1. The van der Waals surface area contributed by atoms with Crippen LogP contribution in [0.3, 0.4) is 0 Å². The number of non-ortho nitro benzene ring substituents is 1. The molecule has 178 valence electrons. The maximum absolute atomic E-state index is 14.3. The number of nitrogens with zero attached hydrogens (tertiary/aromatic N) is 1. The highest BCUT2D eigenvalue weighted by molar-refractivity contribution is 6.30. The minimum absolute atomic E-state index is 0.00170. The number of nitro groups is 1. The molecule has 0 amide bonds. The van der Waals surface area contributed by atoms with Gasteiger partial charge in [0, 0.05) is 29.1 Å². The SMILES string of the molecule is COC(=O)[C@H]1N[C@@H](c2ccc(Cl)cc2)[C@]2(COc3ccccc3C2=O)[C@@H]1c1ccc([N+](=O)[O-])cc1. The van der Waals surface area contributed by atoms with Crippen molar-refractivity contribution in [2.45, 2.75) is 18.0 Å². The first kappa shape index (κ1) is 23.0. The van der Waals surface area contributed by atoms with E-state index in [4.69, 9.17) is 21.1 Å². The van der Waals surface area contributed by atoms with Gasteiger partial charge in [-0.05, 0) is 35.4 Å². The molecule has 0 aromatic heterocycles. The monoisotopic (exact) mass is 492 g/mol. The Kier molecular flexibility index (Phi) is 5.78. The Bertz CT molecular complexity index is 1310. The Morgan fingerprint density at radius 1 is 1.09 bits per heavy atom. The first-order valence-electron chi connectivity index (χ1n) is 11.0. The number of hydrogen-bond acceptors (Lipinski definition) is 7. The lowest BCUT2D eigenvalue weighted by atomic mass is 9.62. The van der Waals surface area contributed by atoms with Crippen molar-refractivity contribution >= 4 is 29.0 Å². The van der Waals surface area contributed by atoms with Gasteiger partial charge >= 0.3 is 5.97 Å². The molecule has 1 fully saturated rings. The predicted molar refractivity (Wildman–Crippen MR) is 128 cm³/mol. The van der Waals surface area contributed by atoms with E-state index in [9.17, 15) is 19.7 Å². The Morgan fingerprint density at radius 3 is 2.40 bits per heavy atom. The van der Waals surface area contributed by atoms with E-state index in [0.717, 1.165) is 5.56 Å². The molecule has 4 atom stereocenters. The third kappa shape index (κ3) is 3.66. The standard InChI is InChI=1S/C26H21ClN2O6/c1-34-25(31)22-21(15-8-12-18(13-9-15)29(32)33)26(23(28-22)16-6-10-17(27)11-7-16)14-35-20-5-3-2-4-19(20)24(26)30/h2-13,21-23,28H,14H2,1H3/t21-,22+,23+,26+/m1/s1.